The predicted octanol–water partition coefficient (Wildman–Crippen LogP) is 3.38. The van der Waals surface area contributed by atoms with Crippen molar-refractivity contribution in [1.29, 1.82) is 0 Å². The molecule has 0 spiro atoms. The number of hydrogen-bond donors (Lipinski definition) is 0. The molecule has 2 aromatic rings. The summed E-state index contributed by atoms with van der Waals surface area (Å²) in [7, 11) is 0. The van der Waals surface area contributed by atoms with Crippen molar-refractivity contribution >= 4 is 5.78 Å². The minimum Gasteiger partial charge on any atom is -0.461 e. The number of hydrogen-bond acceptors (Lipinski definition) is 2. The van der Waals surface area contributed by atoms with Crippen molar-refractivity contribution in [2.45, 2.75) is 20.3 Å². The maximum absolute atomic E-state index is 12.0. The molecule has 0 aliphatic heterocycles. The molecule has 2 nitrogen and oxygen atoms in total. The molecule has 0 saturated carbocycles. The first-order valence-corrected chi connectivity index (χ1v) is 5.40. The second-order valence-corrected chi connectivity index (χ2v) is 3.81. The smallest absolute Gasteiger partial charge is 0.228 e. The minimum atomic E-state index is -0.0508. The molecule has 0 fully saturated rings. The Balaban J connectivity index is 2.31. The second kappa shape index (κ2) is 4.35. The molecule has 0 N–H and O–H groups in total. The van der Waals surface area contributed by atoms with Crippen LogP contribution in [0.3, 0.4) is 0 Å². The van der Waals surface area contributed by atoms with Crippen molar-refractivity contribution in [2.24, 2.45) is 0 Å². The Bertz CT molecular complexity index is 492. The Morgan fingerprint density at radius 3 is 2.38 bits per heavy atom. The minimum absolute atomic E-state index is 0.0508. The van der Waals surface area contributed by atoms with E-state index in [-0.39, 0.29) is 5.78 Å². The fourth-order valence-electron chi connectivity index (χ4n) is 1.63. The lowest BCUT2D eigenvalue weighted by atomic mass is 10.0. The van der Waals surface area contributed by atoms with Crippen LogP contribution in [-0.4, -0.2) is 5.78 Å². The van der Waals surface area contributed by atoms with Gasteiger partial charge in [0, 0.05) is 5.56 Å². The Morgan fingerprint density at radius 1 is 1.19 bits per heavy atom. The molecule has 1 aromatic carbocycles. The van der Waals surface area contributed by atoms with Crippen LogP contribution in [0.4, 0.5) is 0 Å². The second-order valence-electron chi connectivity index (χ2n) is 3.81. The summed E-state index contributed by atoms with van der Waals surface area (Å²) < 4.78 is 5.19. The fourth-order valence-corrected chi connectivity index (χ4v) is 1.63. The number of carbonyl (C=O) groups excluding carboxylic acids is 1. The summed E-state index contributed by atoms with van der Waals surface area (Å²) >= 11 is 0. The molecule has 1 aromatic heterocycles. The van der Waals surface area contributed by atoms with Gasteiger partial charge in [-0.15, -0.1) is 0 Å². The van der Waals surface area contributed by atoms with E-state index in [1.54, 1.807) is 12.3 Å². The van der Waals surface area contributed by atoms with Crippen molar-refractivity contribution in [3.8, 4) is 0 Å². The van der Waals surface area contributed by atoms with Gasteiger partial charge in [0.05, 0.1) is 6.26 Å². The normalized spacial score (nSPS) is 10.4. The summed E-state index contributed by atoms with van der Waals surface area (Å²) in [5.74, 6) is 0.384. The number of carbonyl (C=O) groups is 1. The van der Waals surface area contributed by atoms with Gasteiger partial charge >= 0.3 is 0 Å². The van der Waals surface area contributed by atoms with Crippen LogP contribution in [0.25, 0.3) is 0 Å². The van der Waals surface area contributed by atoms with Gasteiger partial charge in [-0.2, -0.15) is 0 Å². The summed E-state index contributed by atoms with van der Waals surface area (Å²) in [6.07, 6.45) is 2.53. The van der Waals surface area contributed by atoms with Crippen molar-refractivity contribution < 1.29 is 9.21 Å². The lowest BCUT2D eigenvalue weighted by molar-refractivity contribution is 0.101. The molecular weight excluding hydrogens is 200 g/mol. The number of furan rings is 1. The van der Waals surface area contributed by atoms with Crippen LogP contribution >= 0.6 is 0 Å². The maximum atomic E-state index is 12.0. The Hall–Kier alpha value is -1.83. The lowest BCUT2D eigenvalue weighted by Gasteiger charge is -2.00. The molecular formula is C14H14O2. The van der Waals surface area contributed by atoms with Crippen molar-refractivity contribution in [1.82, 2.24) is 0 Å². The van der Waals surface area contributed by atoms with Crippen LogP contribution in [0.1, 0.15) is 34.2 Å². The van der Waals surface area contributed by atoms with Crippen LogP contribution in [0.15, 0.2) is 41.0 Å². The van der Waals surface area contributed by atoms with Gasteiger partial charge in [0.1, 0.15) is 0 Å². The molecule has 0 unspecified atom stereocenters. The Labute approximate surface area is 94.9 Å². The third-order valence-electron chi connectivity index (χ3n) is 2.69. The number of aryl methyl sites for hydroxylation is 2. The van der Waals surface area contributed by atoms with Crippen molar-refractivity contribution in [2.75, 3.05) is 0 Å². The SMILES string of the molecule is CCc1ccc(C(=O)c2occc2C)cc1. The van der Waals surface area contributed by atoms with Gasteiger partial charge in [-0.25, -0.2) is 0 Å². The van der Waals surface area contributed by atoms with Crippen LogP contribution in [0.5, 0.6) is 0 Å². The van der Waals surface area contributed by atoms with E-state index in [0.717, 1.165) is 12.0 Å². The zero-order valence-corrected chi connectivity index (χ0v) is 9.49. The molecule has 0 atom stereocenters. The van der Waals surface area contributed by atoms with Gasteiger partial charge in [-0.3, -0.25) is 4.79 Å². The fraction of sp³-hybridized carbons (Fsp3) is 0.214. The molecule has 2 heteroatoms. The molecule has 0 bridgehead atoms. The van der Waals surface area contributed by atoms with Crippen LogP contribution in [0, 0.1) is 6.92 Å². The molecule has 1 heterocycles. The lowest BCUT2D eigenvalue weighted by Crippen LogP contribution is -2.01. The van der Waals surface area contributed by atoms with Gasteiger partial charge in [-0.05, 0) is 30.5 Å². The van der Waals surface area contributed by atoms with Gasteiger partial charge in [-0.1, -0.05) is 31.2 Å². The van der Waals surface area contributed by atoms with E-state index in [1.807, 2.05) is 31.2 Å². The zero-order valence-electron chi connectivity index (χ0n) is 9.49. The third kappa shape index (κ3) is 1.91. The summed E-state index contributed by atoms with van der Waals surface area (Å²) in [5.41, 5.74) is 2.78. The molecule has 0 aliphatic carbocycles. The topological polar surface area (TPSA) is 30.2 Å². The zero-order chi connectivity index (χ0) is 11.5. The molecule has 0 radical (unpaired) electrons. The quantitative estimate of drug-likeness (QED) is 0.733. The molecule has 2 rings (SSSR count). The van der Waals surface area contributed by atoms with Crippen molar-refractivity contribution in [3.05, 3.63) is 59.0 Å². The monoisotopic (exact) mass is 214 g/mol. The van der Waals surface area contributed by atoms with Crippen LogP contribution in [-0.2, 0) is 6.42 Å². The molecule has 82 valence electrons. The van der Waals surface area contributed by atoms with Gasteiger partial charge in [0.15, 0.2) is 5.76 Å². The van der Waals surface area contributed by atoms with Crippen LogP contribution < -0.4 is 0 Å². The Kier molecular flexibility index (Phi) is 2.91. The average molecular weight is 214 g/mol. The van der Waals surface area contributed by atoms with E-state index >= 15 is 0 Å². The van der Waals surface area contributed by atoms with E-state index in [1.165, 1.54) is 5.56 Å². The Morgan fingerprint density at radius 2 is 1.88 bits per heavy atom. The van der Waals surface area contributed by atoms with E-state index in [4.69, 9.17) is 4.42 Å². The molecule has 0 aliphatic rings. The highest BCUT2D eigenvalue weighted by molar-refractivity contribution is 6.07. The van der Waals surface area contributed by atoms with Crippen molar-refractivity contribution in [3.63, 3.8) is 0 Å². The van der Waals surface area contributed by atoms with E-state index in [9.17, 15) is 4.79 Å². The number of ketones is 1. The summed E-state index contributed by atoms with van der Waals surface area (Å²) in [4.78, 5) is 12.0. The van der Waals surface area contributed by atoms with Gasteiger partial charge in [0.2, 0.25) is 5.78 Å². The highest BCUT2D eigenvalue weighted by Gasteiger charge is 2.14. The van der Waals surface area contributed by atoms with Gasteiger partial charge in [0.25, 0.3) is 0 Å². The molecule has 0 saturated heterocycles. The van der Waals surface area contributed by atoms with E-state index < -0.39 is 0 Å². The number of benzene rings is 1. The van der Waals surface area contributed by atoms with E-state index in [2.05, 4.69) is 6.92 Å². The molecule has 0 amide bonds. The van der Waals surface area contributed by atoms with Crippen LogP contribution in [0.2, 0.25) is 0 Å². The summed E-state index contributed by atoms with van der Waals surface area (Å²) in [6, 6.07) is 9.46. The summed E-state index contributed by atoms with van der Waals surface area (Å²) in [5, 5.41) is 0. The third-order valence-corrected chi connectivity index (χ3v) is 2.69. The predicted molar refractivity (Wildman–Crippen MR) is 62.7 cm³/mol. The maximum Gasteiger partial charge on any atom is 0.228 e. The first-order valence-electron chi connectivity index (χ1n) is 5.40. The molecule has 16 heavy (non-hydrogen) atoms. The van der Waals surface area contributed by atoms with Gasteiger partial charge < -0.3 is 4.42 Å². The first kappa shape index (κ1) is 10.7. The number of rotatable bonds is 3. The van der Waals surface area contributed by atoms with E-state index in [0.29, 0.717) is 11.3 Å². The standard InChI is InChI=1S/C14H14O2/c1-3-11-4-6-12(7-5-11)13(15)14-10(2)8-9-16-14/h4-9H,3H2,1-2H3. The highest BCUT2D eigenvalue weighted by atomic mass is 16.3. The average Bonchev–Trinajstić information content (AvgIpc) is 2.75. The highest BCUT2D eigenvalue weighted by Crippen LogP contribution is 2.15. The summed E-state index contributed by atoms with van der Waals surface area (Å²) in [6.45, 7) is 3.96. The first-order chi connectivity index (χ1) is 7.72. The largest absolute Gasteiger partial charge is 0.461 e.